The maximum atomic E-state index is 13.0. The van der Waals surface area contributed by atoms with Crippen molar-refractivity contribution in [3.05, 3.63) is 76.5 Å². The lowest BCUT2D eigenvalue weighted by molar-refractivity contribution is -0.115. The molecule has 0 radical (unpaired) electrons. The topological polar surface area (TPSA) is 95.2 Å². The third kappa shape index (κ3) is 3.68. The number of rotatable bonds is 5. The van der Waals surface area contributed by atoms with Crippen molar-refractivity contribution in [3.8, 4) is 0 Å². The number of aromatic nitrogens is 2. The van der Waals surface area contributed by atoms with Gasteiger partial charge in [-0.2, -0.15) is 9.40 Å². The van der Waals surface area contributed by atoms with Crippen LogP contribution in [-0.2, 0) is 34.3 Å². The highest BCUT2D eigenvalue weighted by Gasteiger charge is 2.34. The minimum atomic E-state index is -3.63. The lowest BCUT2D eigenvalue weighted by Crippen LogP contribution is -2.27. The number of sulfonamides is 1. The van der Waals surface area contributed by atoms with E-state index in [0.29, 0.717) is 27.5 Å². The first-order valence-electron chi connectivity index (χ1n) is 9.32. The SMILES string of the molecule is Cc1ccccc1CC(=O)Nc1n[nH]c2c1CN(S(=O)(=O)c1ccccc1C)C2. The molecule has 0 spiro atoms. The van der Waals surface area contributed by atoms with Crippen molar-refractivity contribution < 1.29 is 13.2 Å². The van der Waals surface area contributed by atoms with E-state index in [9.17, 15) is 13.2 Å². The van der Waals surface area contributed by atoms with Gasteiger partial charge in [0, 0.05) is 12.1 Å². The minimum absolute atomic E-state index is 0.169. The monoisotopic (exact) mass is 410 g/mol. The summed E-state index contributed by atoms with van der Waals surface area (Å²) in [6.07, 6.45) is 0.236. The van der Waals surface area contributed by atoms with Crippen LogP contribution in [0.15, 0.2) is 53.4 Å². The molecule has 0 unspecified atom stereocenters. The maximum Gasteiger partial charge on any atom is 0.243 e. The van der Waals surface area contributed by atoms with E-state index in [1.807, 2.05) is 37.3 Å². The number of aryl methyl sites for hydroxylation is 2. The largest absolute Gasteiger partial charge is 0.309 e. The van der Waals surface area contributed by atoms with Gasteiger partial charge in [0.25, 0.3) is 0 Å². The number of nitrogens with one attached hydrogen (secondary N) is 2. The van der Waals surface area contributed by atoms with Gasteiger partial charge in [-0.05, 0) is 36.6 Å². The van der Waals surface area contributed by atoms with Crippen LogP contribution in [-0.4, -0.2) is 28.8 Å². The molecule has 4 rings (SSSR count). The Kier molecular flexibility index (Phi) is 4.97. The average molecular weight is 410 g/mol. The van der Waals surface area contributed by atoms with Gasteiger partial charge in [-0.3, -0.25) is 9.89 Å². The van der Waals surface area contributed by atoms with Gasteiger partial charge in [0.1, 0.15) is 0 Å². The zero-order valence-electron chi connectivity index (χ0n) is 16.3. The van der Waals surface area contributed by atoms with Crippen LogP contribution in [0.1, 0.15) is 27.9 Å². The lowest BCUT2D eigenvalue weighted by Gasteiger charge is -2.17. The van der Waals surface area contributed by atoms with E-state index in [-0.39, 0.29) is 25.4 Å². The van der Waals surface area contributed by atoms with Crippen molar-refractivity contribution in [2.24, 2.45) is 0 Å². The van der Waals surface area contributed by atoms with E-state index < -0.39 is 10.0 Å². The summed E-state index contributed by atoms with van der Waals surface area (Å²) in [6, 6.07) is 14.6. The molecular formula is C21H22N4O3S. The average Bonchev–Trinajstić information content (AvgIpc) is 3.26. The third-order valence-electron chi connectivity index (χ3n) is 5.20. The molecule has 0 aliphatic carbocycles. The Hall–Kier alpha value is -2.97. The molecule has 1 aliphatic heterocycles. The van der Waals surface area contributed by atoms with Crippen molar-refractivity contribution in [2.75, 3.05) is 5.32 Å². The Morgan fingerprint density at radius 1 is 1.07 bits per heavy atom. The van der Waals surface area contributed by atoms with Gasteiger partial charge in [-0.25, -0.2) is 8.42 Å². The number of amides is 1. The Morgan fingerprint density at radius 3 is 2.48 bits per heavy atom. The van der Waals surface area contributed by atoms with Crippen LogP contribution in [0.3, 0.4) is 0 Å². The number of hydrogen-bond donors (Lipinski definition) is 2. The van der Waals surface area contributed by atoms with Crippen LogP contribution in [0.25, 0.3) is 0 Å². The fourth-order valence-corrected chi connectivity index (χ4v) is 5.13. The molecular weight excluding hydrogens is 388 g/mol. The molecule has 0 saturated carbocycles. The van der Waals surface area contributed by atoms with E-state index in [1.165, 1.54) is 4.31 Å². The molecule has 8 heteroatoms. The number of hydrogen-bond acceptors (Lipinski definition) is 4. The molecule has 2 aromatic carbocycles. The second kappa shape index (κ2) is 7.46. The fourth-order valence-electron chi connectivity index (χ4n) is 3.53. The molecule has 29 heavy (non-hydrogen) atoms. The standard InChI is InChI=1S/C21H22N4O3S/c1-14-7-3-5-9-16(14)11-20(26)22-21-17-12-25(13-18(17)23-24-21)29(27,28)19-10-6-4-8-15(19)2/h3-10H,11-13H2,1-2H3,(H2,22,23,24,26). The van der Waals surface area contributed by atoms with Gasteiger partial charge in [-0.15, -0.1) is 0 Å². The van der Waals surface area contributed by atoms with Crippen molar-refractivity contribution in [1.29, 1.82) is 0 Å². The van der Waals surface area contributed by atoms with E-state index >= 15 is 0 Å². The second-order valence-electron chi connectivity index (χ2n) is 7.22. The Morgan fingerprint density at radius 2 is 1.76 bits per heavy atom. The summed E-state index contributed by atoms with van der Waals surface area (Å²) >= 11 is 0. The molecule has 0 fully saturated rings. The highest BCUT2D eigenvalue weighted by Crippen LogP contribution is 2.32. The lowest BCUT2D eigenvalue weighted by atomic mass is 10.1. The first-order chi connectivity index (χ1) is 13.9. The van der Waals surface area contributed by atoms with Crippen molar-refractivity contribution in [3.63, 3.8) is 0 Å². The molecule has 0 saturated heterocycles. The summed E-state index contributed by atoms with van der Waals surface area (Å²) < 4.78 is 27.5. The third-order valence-corrected chi connectivity index (χ3v) is 7.16. The zero-order valence-corrected chi connectivity index (χ0v) is 17.1. The van der Waals surface area contributed by atoms with Crippen molar-refractivity contribution >= 4 is 21.7 Å². The van der Waals surface area contributed by atoms with E-state index in [1.54, 1.807) is 25.1 Å². The summed E-state index contributed by atoms with van der Waals surface area (Å²) in [7, 11) is -3.63. The number of fused-ring (bicyclic) bond motifs is 1. The van der Waals surface area contributed by atoms with Crippen LogP contribution >= 0.6 is 0 Å². The van der Waals surface area contributed by atoms with Crippen molar-refractivity contribution in [1.82, 2.24) is 14.5 Å². The summed E-state index contributed by atoms with van der Waals surface area (Å²) in [5, 5.41) is 9.85. The Bertz CT molecular complexity index is 1180. The highest BCUT2D eigenvalue weighted by atomic mass is 32.2. The number of anilines is 1. The molecule has 1 aromatic heterocycles. The van der Waals surface area contributed by atoms with Gasteiger partial charge in [-0.1, -0.05) is 42.5 Å². The van der Waals surface area contributed by atoms with Gasteiger partial charge in [0.15, 0.2) is 5.82 Å². The fraction of sp³-hybridized carbons (Fsp3) is 0.238. The van der Waals surface area contributed by atoms with Gasteiger partial charge < -0.3 is 5.32 Å². The number of nitrogens with zero attached hydrogens (tertiary/aromatic N) is 2. The summed E-state index contributed by atoms with van der Waals surface area (Å²) in [6.45, 7) is 4.11. The van der Waals surface area contributed by atoms with E-state index in [4.69, 9.17) is 0 Å². The molecule has 7 nitrogen and oxygen atoms in total. The molecule has 0 bridgehead atoms. The highest BCUT2D eigenvalue weighted by molar-refractivity contribution is 7.89. The molecule has 1 amide bonds. The number of aromatic amines is 1. The summed E-state index contributed by atoms with van der Waals surface area (Å²) in [4.78, 5) is 12.8. The van der Waals surface area contributed by atoms with Crippen LogP contribution in [0.4, 0.5) is 5.82 Å². The van der Waals surface area contributed by atoms with Crippen LogP contribution in [0.2, 0.25) is 0 Å². The Labute approximate surface area is 169 Å². The zero-order chi connectivity index (χ0) is 20.6. The number of benzene rings is 2. The second-order valence-corrected chi connectivity index (χ2v) is 9.13. The van der Waals surface area contributed by atoms with E-state index in [0.717, 1.165) is 11.1 Å². The van der Waals surface area contributed by atoms with Crippen molar-refractivity contribution in [2.45, 2.75) is 38.3 Å². The smallest absolute Gasteiger partial charge is 0.243 e. The molecule has 2 heterocycles. The van der Waals surface area contributed by atoms with Crippen LogP contribution < -0.4 is 5.32 Å². The maximum absolute atomic E-state index is 13.0. The summed E-state index contributed by atoms with van der Waals surface area (Å²) in [5.41, 5.74) is 4.10. The molecule has 2 N–H and O–H groups in total. The minimum Gasteiger partial charge on any atom is -0.309 e. The molecule has 3 aromatic rings. The first kappa shape index (κ1) is 19.4. The van der Waals surface area contributed by atoms with Crippen LogP contribution in [0, 0.1) is 13.8 Å². The normalized spacial score (nSPS) is 14.0. The van der Waals surface area contributed by atoms with Crippen LogP contribution in [0.5, 0.6) is 0 Å². The Balaban J connectivity index is 1.50. The predicted molar refractivity (Wildman–Crippen MR) is 110 cm³/mol. The molecule has 1 aliphatic rings. The van der Waals surface area contributed by atoms with Gasteiger partial charge in [0.2, 0.25) is 15.9 Å². The molecule has 150 valence electrons. The number of carbonyl (C=O) groups is 1. The number of carbonyl (C=O) groups excluding carboxylic acids is 1. The van der Waals surface area contributed by atoms with E-state index in [2.05, 4.69) is 15.5 Å². The summed E-state index contributed by atoms with van der Waals surface area (Å²) in [5.74, 6) is 0.204. The molecule has 0 atom stereocenters. The number of H-pyrrole nitrogens is 1. The quantitative estimate of drug-likeness (QED) is 0.676. The van der Waals surface area contributed by atoms with Gasteiger partial charge in [0.05, 0.1) is 23.6 Å². The first-order valence-corrected chi connectivity index (χ1v) is 10.8. The predicted octanol–water partition coefficient (Wildman–Crippen LogP) is 2.91. The van der Waals surface area contributed by atoms with Gasteiger partial charge >= 0.3 is 0 Å².